The highest BCUT2D eigenvalue weighted by atomic mass is 35.5. The Morgan fingerprint density at radius 1 is 1.38 bits per heavy atom. The number of hydrogen-bond donors (Lipinski definition) is 1. The van der Waals surface area contributed by atoms with Crippen molar-refractivity contribution < 1.29 is 9.66 Å². The summed E-state index contributed by atoms with van der Waals surface area (Å²) in [5, 5.41) is 14.5. The number of anilines is 2. The van der Waals surface area contributed by atoms with Crippen LogP contribution in [0.3, 0.4) is 0 Å². The molecule has 21 heavy (non-hydrogen) atoms. The number of benzene rings is 1. The van der Waals surface area contributed by atoms with E-state index in [0.717, 1.165) is 0 Å². The van der Waals surface area contributed by atoms with E-state index in [1.54, 1.807) is 25.1 Å². The number of aromatic nitrogens is 2. The van der Waals surface area contributed by atoms with Gasteiger partial charge in [0.15, 0.2) is 0 Å². The first-order valence-corrected chi connectivity index (χ1v) is 6.63. The van der Waals surface area contributed by atoms with Gasteiger partial charge in [0.25, 0.3) is 5.88 Å². The third kappa shape index (κ3) is 3.32. The lowest BCUT2D eigenvalue weighted by molar-refractivity contribution is -0.385. The van der Waals surface area contributed by atoms with Gasteiger partial charge in [-0.15, -0.1) is 0 Å². The zero-order chi connectivity index (χ0) is 15.4. The smallest absolute Gasteiger partial charge is 0.373 e. The molecule has 7 nitrogen and oxygen atoms in total. The summed E-state index contributed by atoms with van der Waals surface area (Å²) in [6, 6.07) is 4.89. The molecule has 0 fully saturated rings. The Labute approximate surface area is 130 Å². The van der Waals surface area contributed by atoms with Crippen molar-refractivity contribution in [3.8, 4) is 5.88 Å². The van der Waals surface area contributed by atoms with E-state index < -0.39 is 4.92 Å². The van der Waals surface area contributed by atoms with Gasteiger partial charge in [0, 0.05) is 0 Å². The summed E-state index contributed by atoms with van der Waals surface area (Å²) in [5.74, 6) is -0.138. The highest BCUT2D eigenvalue weighted by Gasteiger charge is 2.25. The number of ether oxygens (including phenoxy) is 1. The van der Waals surface area contributed by atoms with Gasteiger partial charge in [-0.1, -0.05) is 29.3 Å². The Morgan fingerprint density at radius 3 is 2.81 bits per heavy atom. The predicted molar refractivity (Wildman–Crippen MR) is 79.6 cm³/mol. The minimum atomic E-state index is -0.619. The van der Waals surface area contributed by atoms with E-state index in [-0.39, 0.29) is 29.0 Å². The summed E-state index contributed by atoms with van der Waals surface area (Å²) in [4.78, 5) is 18.2. The minimum Gasteiger partial charge on any atom is -0.473 e. The summed E-state index contributed by atoms with van der Waals surface area (Å²) in [6.07, 6.45) is 1.17. The number of nitro groups is 1. The first-order chi connectivity index (χ1) is 10.0. The third-order valence-corrected chi connectivity index (χ3v) is 3.28. The van der Waals surface area contributed by atoms with Gasteiger partial charge in [-0.2, -0.15) is 4.98 Å². The zero-order valence-electron chi connectivity index (χ0n) is 10.8. The summed E-state index contributed by atoms with van der Waals surface area (Å²) in [7, 11) is 0. The molecule has 0 bridgehead atoms. The van der Waals surface area contributed by atoms with Gasteiger partial charge >= 0.3 is 5.69 Å². The molecule has 0 saturated carbocycles. The van der Waals surface area contributed by atoms with E-state index in [0.29, 0.717) is 10.7 Å². The number of nitrogens with one attached hydrogen (secondary N) is 1. The van der Waals surface area contributed by atoms with Crippen molar-refractivity contribution in [3.05, 3.63) is 44.7 Å². The Bertz CT molecular complexity index is 682. The van der Waals surface area contributed by atoms with Crippen molar-refractivity contribution in [3.63, 3.8) is 0 Å². The molecule has 1 aromatic carbocycles. The fraction of sp³-hybridized carbons (Fsp3) is 0.167. The second kappa shape index (κ2) is 6.55. The first-order valence-electron chi connectivity index (χ1n) is 5.87. The van der Waals surface area contributed by atoms with Gasteiger partial charge in [-0.25, -0.2) is 4.98 Å². The average Bonchev–Trinajstić information content (AvgIpc) is 2.44. The molecule has 2 aromatic rings. The van der Waals surface area contributed by atoms with Gasteiger partial charge in [0.2, 0.25) is 5.82 Å². The van der Waals surface area contributed by atoms with E-state index in [1.165, 1.54) is 6.33 Å². The lowest BCUT2D eigenvalue weighted by Gasteiger charge is -2.10. The van der Waals surface area contributed by atoms with Crippen LogP contribution in [0.2, 0.25) is 10.0 Å². The number of nitrogens with zero attached hydrogens (tertiary/aromatic N) is 3. The molecule has 0 aliphatic heterocycles. The van der Waals surface area contributed by atoms with Crippen LogP contribution in [0.15, 0.2) is 24.5 Å². The van der Waals surface area contributed by atoms with E-state index >= 15 is 0 Å². The molecule has 0 amide bonds. The molecule has 0 atom stereocenters. The number of rotatable bonds is 5. The van der Waals surface area contributed by atoms with Crippen LogP contribution < -0.4 is 10.1 Å². The van der Waals surface area contributed by atoms with Gasteiger partial charge in [0.1, 0.15) is 6.33 Å². The summed E-state index contributed by atoms with van der Waals surface area (Å²) in [5.41, 5.74) is 0.0313. The van der Waals surface area contributed by atoms with Crippen LogP contribution in [0, 0.1) is 10.1 Å². The molecule has 1 heterocycles. The van der Waals surface area contributed by atoms with Crippen molar-refractivity contribution in [2.24, 2.45) is 0 Å². The van der Waals surface area contributed by atoms with Crippen molar-refractivity contribution >= 4 is 40.4 Å². The molecule has 0 radical (unpaired) electrons. The molecule has 110 valence electrons. The summed E-state index contributed by atoms with van der Waals surface area (Å²) < 4.78 is 5.14. The molecular formula is C12H10Cl2N4O3. The first kappa shape index (κ1) is 15.3. The number of halogens is 2. The van der Waals surface area contributed by atoms with E-state index in [1.807, 2.05) is 0 Å². The van der Waals surface area contributed by atoms with E-state index in [4.69, 9.17) is 27.9 Å². The molecule has 0 unspecified atom stereocenters. The van der Waals surface area contributed by atoms with Crippen LogP contribution in [0.5, 0.6) is 5.88 Å². The standard InChI is InChI=1S/C12H10Cl2N4O3/c1-2-21-12-10(18(19)20)11(15-6-16-12)17-8-5-3-4-7(13)9(8)14/h3-6H,2H2,1H3,(H,15,16,17). The molecular weight excluding hydrogens is 319 g/mol. The van der Waals surface area contributed by atoms with Crippen molar-refractivity contribution in [1.82, 2.24) is 9.97 Å². The Morgan fingerprint density at radius 2 is 2.14 bits per heavy atom. The Hall–Kier alpha value is -2.12. The SMILES string of the molecule is CCOc1ncnc(Nc2cccc(Cl)c2Cl)c1[N+](=O)[O-]. The van der Waals surface area contributed by atoms with Crippen LogP contribution in [-0.4, -0.2) is 21.5 Å². The van der Waals surface area contributed by atoms with Gasteiger partial charge in [-0.05, 0) is 19.1 Å². The van der Waals surface area contributed by atoms with Crippen LogP contribution in [0.25, 0.3) is 0 Å². The highest BCUT2D eigenvalue weighted by molar-refractivity contribution is 6.43. The summed E-state index contributed by atoms with van der Waals surface area (Å²) in [6.45, 7) is 1.95. The second-order valence-electron chi connectivity index (χ2n) is 3.79. The lowest BCUT2D eigenvalue weighted by atomic mass is 10.3. The van der Waals surface area contributed by atoms with Crippen molar-refractivity contribution in [2.45, 2.75) is 6.92 Å². The fourth-order valence-electron chi connectivity index (χ4n) is 1.59. The second-order valence-corrected chi connectivity index (χ2v) is 4.58. The highest BCUT2D eigenvalue weighted by Crippen LogP contribution is 2.36. The van der Waals surface area contributed by atoms with Crippen LogP contribution in [0.1, 0.15) is 6.92 Å². The quantitative estimate of drug-likeness (QED) is 0.662. The summed E-state index contributed by atoms with van der Waals surface area (Å²) >= 11 is 11.9. The predicted octanol–water partition coefficient (Wildman–Crippen LogP) is 3.83. The monoisotopic (exact) mass is 328 g/mol. The molecule has 0 spiro atoms. The third-order valence-electron chi connectivity index (χ3n) is 2.46. The maximum absolute atomic E-state index is 11.2. The molecule has 1 N–H and O–H groups in total. The van der Waals surface area contributed by atoms with Gasteiger partial charge in [0.05, 0.1) is 27.3 Å². The maximum atomic E-state index is 11.2. The van der Waals surface area contributed by atoms with Crippen LogP contribution in [-0.2, 0) is 0 Å². The van der Waals surface area contributed by atoms with Gasteiger partial charge < -0.3 is 10.1 Å². The lowest BCUT2D eigenvalue weighted by Crippen LogP contribution is -2.05. The topological polar surface area (TPSA) is 90.2 Å². The Kier molecular flexibility index (Phi) is 4.77. The van der Waals surface area contributed by atoms with Crippen LogP contribution >= 0.6 is 23.2 Å². The fourth-order valence-corrected chi connectivity index (χ4v) is 1.94. The molecule has 0 saturated heterocycles. The Balaban J connectivity index is 2.46. The normalized spacial score (nSPS) is 10.2. The van der Waals surface area contributed by atoms with Crippen molar-refractivity contribution in [2.75, 3.05) is 11.9 Å². The van der Waals surface area contributed by atoms with E-state index in [9.17, 15) is 10.1 Å². The molecule has 0 aliphatic rings. The average molecular weight is 329 g/mol. The largest absolute Gasteiger partial charge is 0.473 e. The van der Waals surface area contributed by atoms with Crippen molar-refractivity contribution in [1.29, 1.82) is 0 Å². The number of hydrogen-bond acceptors (Lipinski definition) is 6. The molecule has 2 rings (SSSR count). The molecule has 9 heteroatoms. The molecule has 0 aliphatic carbocycles. The van der Waals surface area contributed by atoms with Crippen LogP contribution in [0.4, 0.5) is 17.2 Å². The van der Waals surface area contributed by atoms with Gasteiger partial charge in [-0.3, -0.25) is 10.1 Å². The van der Waals surface area contributed by atoms with E-state index in [2.05, 4.69) is 15.3 Å². The molecule has 1 aromatic heterocycles. The minimum absolute atomic E-state index is 0.0254. The maximum Gasteiger partial charge on any atom is 0.373 e. The zero-order valence-corrected chi connectivity index (χ0v) is 12.4.